The molecule has 0 radical (unpaired) electrons. The number of anilines is 1. The molecule has 0 saturated carbocycles. The number of benzene rings is 2. The summed E-state index contributed by atoms with van der Waals surface area (Å²) in [5.41, 5.74) is 1.37. The minimum Gasteiger partial charge on any atom is -0.354 e. The monoisotopic (exact) mass is 519 g/mol. The molecule has 0 aliphatic carbocycles. The molecule has 4 rings (SSSR count). The fourth-order valence-electron chi connectivity index (χ4n) is 3.80. The van der Waals surface area contributed by atoms with Crippen molar-refractivity contribution >= 4 is 17.5 Å². The second-order valence-corrected chi connectivity index (χ2v) is 9.05. The van der Waals surface area contributed by atoms with E-state index in [1.54, 1.807) is 12.1 Å². The Labute approximate surface area is 218 Å². The zero-order chi connectivity index (χ0) is 27.1. The van der Waals surface area contributed by atoms with Gasteiger partial charge in [-0.2, -0.15) is 4.80 Å². The maximum absolute atomic E-state index is 13.8. The predicted octanol–water partition coefficient (Wildman–Crippen LogP) is 3.95. The van der Waals surface area contributed by atoms with Gasteiger partial charge in [0.2, 0.25) is 11.7 Å². The van der Waals surface area contributed by atoms with E-state index in [1.165, 1.54) is 65.8 Å². The standard InChI is InChI=1S/C27H27F2N7O2/c1-18(2)11-16-31-27(38)25(19-12-14-30-15-13-19)36(23-9-7-22(29)8-10-23)24(37)17-35-33-26(32-34-35)20-3-5-21(28)6-4-20/h3-10,12-15,18,25H,11,16-17H2,1-2H3,(H,31,38). The Morgan fingerprint density at radius 2 is 1.58 bits per heavy atom. The quantitative estimate of drug-likeness (QED) is 0.340. The molecule has 1 atom stereocenters. The Morgan fingerprint density at radius 3 is 2.21 bits per heavy atom. The highest BCUT2D eigenvalue weighted by Crippen LogP contribution is 2.28. The molecule has 2 amide bonds. The number of halogens is 2. The molecule has 4 aromatic rings. The molecule has 0 bridgehead atoms. The molecule has 0 saturated heterocycles. The molecule has 38 heavy (non-hydrogen) atoms. The van der Waals surface area contributed by atoms with Crippen molar-refractivity contribution < 1.29 is 18.4 Å². The molecule has 1 N–H and O–H groups in total. The van der Waals surface area contributed by atoms with Gasteiger partial charge in [-0.15, -0.1) is 10.2 Å². The summed E-state index contributed by atoms with van der Waals surface area (Å²) in [5.74, 6) is -1.22. The van der Waals surface area contributed by atoms with Crippen LogP contribution < -0.4 is 10.2 Å². The third-order valence-electron chi connectivity index (χ3n) is 5.75. The highest BCUT2D eigenvalue weighted by molar-refractivity contribution is 6.01. The summed E-state index contributed by atoms with van der Waals surface area (Å²) < 4.78 is 27.0. The van der Waals surface area contributed by atoms with E-state index in [1.807, 2.05) is 13.8 Å². The molecule has 0 aliphatic rings. The van der Waals surface area contributed by atoms with Crippen LogP contribution in [0.5, 0.6) is 0 Å². The minimum absolute atomic E-state index is 0.211. The van der Waals surface area contributed by atoms with Crippen LogP contribution in [0.2, 0.25) is 0 Å². The van der Waals surface area contributed by atoms with Crippen molar-refractivity contribution in [3.05, 3.63) is 90.3 Å². The molecule has 9 nitrogen and oxygen atoms in total. The van der Waals surface area contributed by atoms with Crippen LogP contribution in [-0.4, -0.2) is 43.6 Å². The third kappa shape index (κ3) is 6.61. The number of rotatable bonds is 10. The zero-order valence-corrected chi connectivity index (χ0v) is 21.0. The van der Waals surface area contributed by atoms with Crippen molar-refractivity contribution in [1.82, 2.24) is 30.5 Å². The van der Waals surface area contributed by atoms with Gasteiger partial charge in [-0.3, -0.25) is 19.5 Å². The van der Waals surface area contributed by atoms with Crippen molar-refractivity contribution in [2.24, 2.45) is 5.92 Å². The lowest BCUT2D eigenvalue weighted by Crippen LogP contribution is -2.45. The van der Waals surface area contributed by atoms with Gasteiger partial charge in [0.15, 0.2) is 0 Å². The Morgan fingerprint density at radius 1 is 0.947 bits per heavy atom. The first-order chi connectivity index (χ1) is 18.3. The average Bonchev–Trinajstić information content (AvgIpc) is 3.36. The second-order valence-electron chi connectivity index (χ2n) is 9.05. The third-order valence-corrected chi connectivity index (χ3v) is 5.75. The fraction of sp³-hybridized carbons (Fsp3) is 0.259. The van der Waals surface area contributed by atoms with Crippen LogP contribution in [0.4, 0.5) is 14.5 Å². The van der Waals surface area contributed by atoms with Gasteiger partial charge in [0.25, 0.3) is 5.91 Å². The molecular formula is C27H27F2N7O2. The summed E-state index contributed by atoms with van der Waals surface area (Å²) >= 11 is 0. The summed E-state index contributed by atoms with van der Waals surface area (Å²) in [4.78, 5) is 33.7. The van der Waals surface area contributed by atoms with Crippen LogP contribution in [-0.2, 0) is 16.1 Å². The number of carbonyl (C=O) groups is 2. The molecule has 0 aliphatic heterocycles. The van der Waals surface area contributed by atoms with Gasteiger partial charge >= 0.3 is 0 Å². The summed E-state index contributed by atoms with van der Waals surface area (Å²) in [6.45, 7) is 4.17. The van der Waals surface area contributed by atoms with E-state index < -0.39 is 29.5 Å². The number of amides is 2. The van der Waals surface area contributed by atoms with Crippen LogP contribution in [0.3, 0.4) is 0 Å². The summed E-state index contributed by atoms with van der Waals surface area (Å²) in [6, 6.07) is 13.1. The predicted molar refractivity (Wildman–Crippen MR) is 137 cm³/mol. The number of pyridine rings is 1. The number of aromatic nitrogens is 5. The molecule has 1 unspecified atom stereocenters. The van der Waals surface area contributed by atoms with Gasteiger partial charge < -0.3 is 5.32 Å². The molecule has 0 fully saturated rings. The Bertz CT molecular complexity index is 1360. The van der Waals surface area contributed by atoms with Gasteiger partial charge in [-0.1, -0.05) is 13.8 Å². The molecule has 11 heteroatoms. The number of nitrogens with zero attached hydrogens (tertiary/aromatic N) is 6. The van der Waals surface area contributed by atoms with E-state index in [9.17, 15) is 18.4 Å². The molecule has 196 valence electrons. The van der Waals surface area contributed by atoms with Crippen molar-refractivity contribution in [2.75, 3.05) is 11.4 Å². The molecule has 0 spiro atoms. The van der Waals surface area contributed by atoms with E-state index in [0.29, 0.717) is 29.3 Å². The summed E-state index contributed by atoms with van der Waals surface area (Å²) in [5, 5.41) is 15.1. The van der Waals surface area contributed by atoms with Gasteiger partial charge in [-0.25, -0.2) is 8.78 Å². The van der Waals surface area contributed by atoms with Crippen LogP contribution in [0.15, 0.2) is 73.1 Å². The largest absolute Gasteiger partial charge is 0.354 e. The Hall–Kier alpha value is -4.54. The van der Waals surface area contributed by atoms with E-state index in [4.69, 9.17) is 0 Å². The maximum atomic E-state index is 13.8. The zero-order valence-electron chi connectivity index (χ0n) is 21.0. The van der Waals surface area contributed by atoms with E-state index >= 15 is 0 Å². The van der Waals surface area contributed by atoms with Crippen LogP contribution in [0.1, 0.15) is 31.9 Å². The van der Waals surface area contributed by atoms with Crippen molar-refractivity contribution in [2.45, 2.75) is 32.9 Å². The van der Waals surface area contributed by atoms with E-state index in [2.05, 4.69) is 25.7 Å². The van der Waals surface area contributed by atoms with Crippen LogP contribution in [0, 0.1) is 17.6 Å². The highest BCUT2D eigenvalue weighted by Gasteiger charge is 2.33. The highest BCUT2D eigenvalue weighted by atomic mass is 19.1. The average molecular weight is 520 g/mol. The van der Waals surface area contributed by atoms with E-state index in [-0.39, 0.29) is 12.4 Å². The molecule has 2 aromatic carbocycles. The number of carbonyl (C=O) groups excluding carboxylic acids is 2. The van der Waals surface area contributed by atoms with Crippen LogP contribution in [0.25, 0.3) is 11.4 Å². The van der Waals surface area contributed by atoms with Gasteiger partial charge in [0.05, 0.1) is 0 Å². The van der Waals surface area contributed by atoms with Gasteiger partial charge in [-0.05, 0) is 83.8 Å². The second kappa shape index (κ2) is 12.1. The Kier molecular flexibility index (Phi) is 8.47. The van der Waals surface area contributed by atoms with Crippen molar-refractivity contribution in [3.8, 4) is 11.4 Å². The van der Waals surface area contributed by atoms with E-state index in [0.717, 1.165) is 11.2 Å². The number of hydrogen-bond donors (Lipinski definition) is 1. The summed E-state index contributed by atoms with van der Waals surface area (Å²) in [7, 11) is 0. The fourth-order valence-corrected chi connectivity index (χ4v) is 3.80. The van der Waals surface area contributed by atoms with Gasteiger partial charge in [0.1, 0.15) is 24.2 Å². The first-order valence-corrected chi connectivity index (χ1v) is 12.1. The van der Waals surface area contributed by atoms with Crippen molar-refractivity contribution in [1.29, 1.82) is 0 Å². The SMILES string of the molecule is CC(C)CCNC(=O)C(c1ccncc1)N(C(=O)Cn1nnc(-c2ccc(F)cc2)n1)c1ccc(F)cc1. The number of tetrazole rings is 1. The van der Waals surface area contributed by atoms with Gasteiger partial charge in [0, 0.05) is 30.2 Å². The molecular weight excluding hydrogens is 492 g/mol. The molecule has 2 heterocycles. The van der Waals surface area contributed by atoms with Crippen LogP contribution >= 0.6 is 0 Å². The minimum atomic E-state index is -1.07. The maximum Gasteiger partial charge on any atom is 0.251 e. The Balaban J connectivity index is 1.67. The first kappa shape index (κ1) is 26.5. The lowest BCUT2D eigenvalue weighted by Gasteiger charge is -2.31. The lowest BCUT2D eigenvalue weighted by atomic mass is 10.0. The normalized spacial score (nSPS) is 11.8. The number of nitrogens with one attached hydrogen (secondary N) is 1. The number of hydrogen-bond acceptors (Lipinski definition) is 6. The first-order valence-electron chi connectivity index (χ1n) is 12.1. The lowest BCUT2D eigenvalue weighted by molar-refractivity contribution is -0.127. The molecule has 2 aromatic heterocycles. The van der Waals surface area contributed by atoms with Crippen molar-refractivity contribution in [3.63, 3.8) is 0 Å². The topological polar surface area (TPSA) is 106 Å². The summed E-state index contributed by atoms with van der Waals surface area (Å²) in [6.07, 6.45) is 3.82. The smallest absolute Gasteiger partial charge is 0.251 e.